The Morgan fingerprint density at radius 2 is 0.523 bits per heavy atom. The molecule has 0 aliphatic carbocycles. The molecule has 88 heavy (non-hydrogen) atoms. The lowest BCUT2D eigenvalue weighted by Gasteiger charge is -2.21. The van der Waals surface area contributed by atoms with Crippen LogP contribution in [0.25, 0.3) is 0 Å². The SMILES string of the molecule is CCCCCCCCCCCCC(=O)O[C@H](COC(=O)CCCCCCC)COP(=O)(O)OC[C@H](O)COP(=O)(O)OC[C@@H](COC(=O)CCCCCCCCCCCCCCC(C)C)OC(=O)CCCCCCCCCCCCCCCCCC(C)C. The predicted molar refractivity (Wildman–Crippen MR) is 354 cm³/mol. The third kappa shape index (κ3) is 62.8. The maximum atomic E-state index is 13.0. The molecule has 17 nitrogen and oxygen atoms in total. The van der Waals surface area contributed by atoms with E-state index < -0.39 is 97.5 Å². The van der Waals surface area contributed by atoms with Gasteiger partial charge in [0.1, 0.15) is 19.3 Å². The number of carbonyl (C=O) groups excluding carboxylic acids is 4. The van der Waals surface area contributed by atoms with Crippen LogP contribution in [0.4, 0.5) is 0 Å². The molecule has 0 saturated heterocycles. The van der Waals surface area contributed by atoms with Gasteiger partial charge in [0, 0.05) is 25.7 Å². The van der Waals surface area contributed by atoms with Crippen molar-refractivity contribution in [2.45, 2.75) is 368 Å². The molecule has 0 aromatic heterocycles. The maximum Gasteiger partial charge on any atom is 0.472 e. The van der Waals surface area contributed by atoms with Gasteiger partial charge in [-0.1, -0.05) is 298 Å². The third-order valence-electron chi connectivity index (χ3n) is 16.0. The van der Waals surface area contributed by atoms with Gasteiger partial charge in [-0.3, -0.25) is 37.3 Å². The Labute approximate surface area is 537 Å². The molecule has 0 aromatic carbocycles. The number of hydrogen-bond donors (Lipinski definition) is 3. The standard InChI is InChI=1S/C69H134O17P2/c1-7-9-11-13-14-15-29-35-41-47-53-68(73)85-64(57-79-66(71)51-45-37-12-10-8-2)59-83-87(75,76)81-55-63(70)56-82-88(77,78)84-60-65(58-80-67(72)52-46-40-34-30-25-22-21-24-28-33-39-44-50-62(5)6)86-69(74)54-48-42-36-31-26-20-18-16-17-19-23-27-32-38-43-49-61(3)4/h61-65,70H,7-60H2,1-6H3,(H,75,76)(H,77,78)/t63-,64+,65+/m0/s1. The topological polar surface area (TPSA) is 237 Å². The minimum atomic E-state index is -4.95. The molecule has 5 atom stereocenters. The van der Waals surface area contributed by atoms with Gasteiger partial charge < -0.3 is 33.8 Å². The van der Waals surface area contributed by atoms with Crippen LogP contribution in [0.3, 0.4) is 0 Å². The van der Waals surface area contributed by atoms with Gasteiger partial charge in [-0.05, 0) is 37.5 Å². The van der Waals surface area contributed by atoms with E-state index in [9.17, 15) is 43.2 Å². The summed E-state index contributed by atoms with van der Waals surface area (Å²) >= 11 is 0. The number of aliphatic hydroxyl groups is 1. The summed E-state index contributed by atoms with van der Waals surface area (Å²) in [5.74, 6) is -0.552. The molecule has 0 saturated carbocycles. The molecule has 0 aromatic rings. The number of aliphatic hydroxyl groups excluding tert-OH is 1. The van der Waals surface area contributed by atoms with Crippen molar-refractivity contribution in [2.24, 2.45) is 11.8 Å². The monoisotopic (exact) mass is 1300 g/mol. The van der Waals surface area contributed by atoms with E-state index in [-0.39, 0.29) is 25.7 Å². The second-order valence-electron chi connectivity index (χ2n) is 25.9. The van der Waals surface area contributed by atoms with Crippen molar-refractivity contribution < 1.29 is 80.2 Å². The average molecular weight is 1300 g/mol. The van der Waals surface area contributed by atoms with Crippen molar-refractivity contribution >= 4 is 39.5 Å². The second kappa shape index (κ2) is 61.3. The lowest BCUT2D eigenvalue weighted by atomic mass is 10.0. The van der Waals surface area contributed by atoms with Gasteiger partial charge in [-0.25, -0.2) is 9.13 Å². The van der Waals surface area contributed by atoms with Crippen LogP contribution in [-0.2, 0) is 65.4 Å². The molecule has 0 aliphatic rings. The van der Waals surface area contributed by atoms with Gasteiger partial charge in [0.15, 0.2) is 12.2 Å². The summed E-state index contributed by atoms with van der Waals surface area (Å²) in [5, 5.41) is 10.5. The first kappa shape index (κ1) is 86.1. The van der Waals surface area contributed by atoms with Crippen LogP contribution in [0, 0.1) is 11.8 Å². The van der Waals surface area contributed by atoms with Crippen LogP contribution in [-0.4, -0.2) is 96.7 Å². The summed E-state index contributed by atoms with van der Waals surface area (Å²) in [6.07, 6.45) is 46.2. The largest absolute Gasteiger partial charge is 0.472 e. The number of unbranched alkanes of at least 4 members (excludes halogenated alkanes) is 38. The van der Waals surface area contributed by atoms with E-state index >= 15 is 0 Å². The highest BCUT2D eigenvalue weighted by Gasteiger charge is 2.30. The Bertz CT molecular complexity index is 1720. The minimum absolute atomic E-state index is 0.105. The second-order valence-corrected chi connectivity index (χ2v) is 28.8. The Balaban J connectivity index is 5.15. The lowest BCUT2D eigenvalue weighted by Crippen LogP contribution is -2.30. The van der Waals surface area contributed by atoms with Gasteiger partial charge in [-0.15, -0.1) is 0 Å². The number of esters is 4. The van der Waals surface area contributed by atoms with E-state index in [1.807, 2.05) is 0 Å². The average Bonchev–Trinajstić information content (AvgIpc) is 3.64. The van der Waals surface area contributed by atoms with Crippen molar-refractivity contribution in [2.75, 3.05) is 39.6 Å². The molecular weight excluding hydrogens is 1160 g/mol. The van der Waals surface area contributed by atoms with E-state index in [1.54, 1.807) is 0 Å². The summed E-state index contributed by atoms with van der Waals surface area (Å²) < 4.78 is 68.0. The maximum absolute atomic E-state index is 13.0. The van der Waals surface area contributed by atoms with Gasteiger partial charge in [0.2, 0.25) is 0 Å². The molecule has 0 aliphatic heterocycles. The summed E-state index contributed by atoms with van der Waals surface area (Å²) in [4.78, 5) is 72.2. The molecule has 2 unspecified atom stereocenters. The van der Waals surface area contributed by atoms with E-state index in [1.165, 1.54) is 161 Å². The molecule has 0 rings (SSSR count). The van der Waals surface area contributed by atoms with Crippen molar-refractivity contribution in [1.82, 2.24) is 0 Å². The van der Waals surface area contributed by atoms with E-state index in [0.29, 0.717) is 25.7 Å². The third-order valence-corrected chi connectivity index (χ3v) is 17.9. The van der Waals surface area contributed by atoms with Gasteiger partial charge in [-0.2, -0.15) is 0 Å². The molecule has 19 heteroatoms. The summed E-state index contributed by atoms with van der Waals surface area (Å²) in [6.45, 7) is 9.48. The molecule has 0 spiro atoms. The van der Waals surface area contributed by atoms with Crippen LogP contribution in [0.15, 0.2) is 0 Å². The summed E-state index contributed by atoms with van der Waals surface area (Å²) in [5.41, 5.74) is 0. The van der Waals surface area contributed by atoms with Crippen LogP contribution in [0.1, 0.15) is 350 Å². The highest BCUT2D eigenvalue weighted by atomic mass is 31.2. The molecule has 0 radical (unpaired) electrons. The van der Waals surface area contributed by atoms with Gasteiger partial charge in [0.05, 0.1) is 26.4 Å². The molecule has 0 amide bonds. The van der Waals surface area contributed by atoms with Gasteiger partial charge >= 0.3 is 39.5 Å². The highest BCUT2D eigenvalue weighted by Crippen LogP contribution is 2.45. The number of carbonyl (C=O) groups is 4. The first-order valence-corrected chi connectivity index (χ1v) is 39.0. The minimum Gasteiger partial charge on any atom is -0.462 e. The first-order chi connectivity index (χ1) is 42.4. The van der Waals surface area contributed by atoms with Crippen LogP contribution in [0.5, 0.6) is 0 Å². The molecule has 3 N–H and O–H groups in total. The van der Waals surface area contributed by atoms with Crippen molar-refractivity contribution in [1.29, 1.82) is 0 Å². The summed E-state index contributed by atoms with van der Waals surface area (Å²) in [7, 11) is -9.89. The number of phosphoric ester groups is 2. The quantitative estimate of drug-likeness (QED) is 0.0222. The zero-order valence-electron chi connectivity index (χ0n) is 57.0. The van der Waals surface area contributed by atoms with E-state index in [0.717, 1.165) is 108 Å². The lowest BCUT2D eigenvalue weighted by molar-refractivity contribution is -0.161. The van der Waals surface area contributed by atoms with Crippen molar-refractivity contribution in [3.05, 3.63) is 0 Å². The van der Waals surface area contributed by atoms with Crippen molar-refractivity contribution in [3.63, 3.8) is 0 Å². The zero-order valence-corrected chi connectivity index (χ0v) is 58.8. The van der Waals surface area contributed by atoms with E-state index in [4.69, 9.17) is 37.0 Å². The fourth-order valence-electron chi connectivity index (χ4n) is 10.4. The normalized spacial score (nSPS) is 14.2. The Hall–Kier alpha value is -1.94. The smallest absolute Gasteiger partial charge is 0.462 e. The number of ether oxygens (including phenoxy) is 4. The molecular formula is C69H134O17P2. The fourth-order valence-corrected chi connectivity index (χ4v) is 12.0. The van der Waals surface area contributed by atoms with Crippen LogP contribution >= 0.6 is 15.6 Å². The Morgan fingerprint density at radius 1 is 0.307 bits per heavy atom. The summed E-state index contributed by atoms with van der Waals surface area (Å²) in [6, 6.07) is 0. The highest BCUT2D eigenvalue weighted by molar-refractivity contribution is 7.47. The number of phosphoric acid groups is 2. The molecule has 522 valence electrons. The first-order valence-electron chi connectivity index (χ1n) is 36.0. The van der Waals surface area contributed by atoms with Crippen molar-refractivity contribution in [3.8, 4) is 0 Å². The van der Waals surface area contributed by atoms with Gasteiger partial charge in [0.25, 0.3) is 0 Å². The number of hydrogen-bond acceptors (Lipinski definition) is 15. The Morgan fingerprint density at radius 3 is 0.773 bits per heavy atom. The molecule has 0 bridgehead atoms. The van der Waals surface area contributed by atoms with Crippen LogP contribution in [0.2, 0.25) is 0 Å². The molecule has 0 heterocycles. The zero-order chi connectivity index (χ0) is 65.0. The Kier molecular flexibility index (Phi) is 59.9. The van der Waals surface area contributed by atoms with Crippen LogP contribution < -0.4 is 0 Å². The van der Waals surface area contributed by atoms with E-state index in [2.05, 4.69) is 41.5 Å². The molecule has 0 fully saturated rings. The predicted octanol–water partition coefficient (Wildman–Crippen LogP) is 19.6. The number of rotatable bonds is 68. The fraction of sp³-hybridized carbons (Fsp3) is 0.942.